The maximum Gasteiger partial charge on any atom is 0.0593 e. The molecule has 2 aromatic rings. The molecule has 5 rings (SSSR count). The van der Waals surface area contributed by atoms with Crippen LogP contribution < -0.4 is 0 Å². The zero-order valence-electron chi connectivity index (χ0n) is 17.6. The van der Waals surface area contributed by atoms with E-state index in [1.54, 1.807) is 0 Å². The Morgan fingerprint density at radius 2 is 1.72 bits per heavy atom. The van der Waals surface area contributed by atoms with Gasteiger partial charge in [0, 0.05) is 31.1 Å². The Labute approximate surface area is 175 Å². The number of benzene rings is 2. The number of aliphatic hydroxyl groups excluding tert-OH is 1. The Hall–Kier alpha value is -1.68. The van der Waals surface area contributed by atoms with E-state index >= 15 is 0 Å². The highest BCUT2D eigenvalue weighted by molar-refractivity contribution is 5.67. The minimum Gasteiger partial charge on any atom is -0.395 e. The highest BCUT2D eigenvalue weighted by atomic mass is 16.3. The van der Waals surface area contributed by atoms with Gasteiger partial charge in [0.2, 0.25) is 0 Å². The Bertz CT molecular complexity index is 829. The highest BCUT2D eigenvalue weighted by Gasteiger charge is 2.49. The van der Waals surface area contributed by atoms with Crippen molar-refractivity contribution in [2.24, 2.45) is 5.92 Å². The lowest BCUT2D eigenvalue weighted by Gasteiger charge is -2.57. The van der Waals surface area contributed by atoms with E-state index in [-0.39, 0.29) is 12.6 Å². The molecule has 1 aliphatic carbocycles. The molecule has 29 heavy (non-hydrogen) atoms. The second-order valence-electron chi connectivity index (χ2n) is 9.43. The molecule has 0 bridgehead atoms. The van der Waals surface area contributed by atoms with Crippen LogP contribution in [0.15, 0.2) is 48.5 Å². The average molecular weight is 391 g/mol. The maximum absolute atomic E-state index is 10.2. The predicted molar refractivity (Wildman–Crippen MR) is 119 cm³/mol. The third kappa shape index (κ3) is 3.88. The summed E-state index contributed by atoms with van der Waals surface area (Å²) in [6.45, 7) is 7.29. The number of rotatable bonds is 5. The van der Waals surface area contributed by atoms with Gasteiger partial charge >= 0.3 is 0 Å². The molecule has 0 radical (unpaired) electrons. The minimum absolute atomic E-state index is 0.267. The molecule has 2 saturated heterocycles. The quantitative estimate of drug-likeness (QED) is 0.825. The Morgan fingerprint density at radius 3 is 2.45 bits per heavy atom. The van der Waals surface area contributed by atoms with Crippen molar-refractivity contribution in [3.8, 4) is 11.1 Å². The van der Waals surface area contributed by atoms with Crippen molar-refractivity contribution in [2.75, 3.05) is 32.8 Å². The van der Waals surface area contributed by atoms with Gasteiger partial charge in [0.05, 0.1) is 6.61 Å². The summed E-state index contributed by atoms with van der Waals surface area (Å²) in [5.41, 5.74) is 5.32. The molecule has 0 unspecified atom stereocenters. The molecule has 3 aliphatic rings. The molecule has 1 N–H and O–H groups in total. The highest BCUT2D eigenvalue weighted by Crippen LogP contribution is 2.43. The zero-order valence-corrected chi connectivity index (χ0v) is 17.6. The molecule has 3 fully saturated rings. The van der Waals surface area contributed by atoms with Crippen LogP contribution >= 0.6 is 0 Å². The van der Waals surface area contributed by atoms with E-state index in [9.17, 15) is 5.11 Å². The second kappa shape index (κ2) is 8.22. The largest absolute Gasteiger partial charge is 0.395 e. The fraction of sp³-hybridized carbons (Fsp3) is 0.538. The molecule has 2 aromatic carbocycles. The molecule has 1 saturated carbocycles. The Kier molecular flexibility index (Phi) is 5.47. The van der Waals surface area contributed by atoms with E-state index in [1.165, 1.54) is 61.0 Å². The molecule has 2 aliphatic heterocycles. The Morgan fingerprint density at radius 1 is 0.966 bits per heavy atom. The second-order valence-corrected chi connectivity index (χ2v) is 9.43. The molecular formula is C26H34N2O. The van der Waals surface area contributed by atoms with Crippen LogP contribution in [0.1, 0.15) is 42.7 Å². The van der Waals surface area contributed by atoms with Crippen LogP contribution in [0.3, 0.4) is 0 Å². The van der Waals surface area contributed by atoms with Crippen LogP contribution in [0.25, 0.3) is 11.1 Å². The summed E-state index contributed by atoms with van der Waals surface area (Å²) in [5.74, 6) is 1.40. The molecule has 0 aromatic heterocycles. The van der Waals surface area contributed by atoms with E-state index in [0.717, 1.165) is 19.0 Å². The number of hydrogen-bond donors (Lipinski definition) is 1. The van der Waals surface area contributed by atoms with Gasteiger partial charge in [0.25, 0.3) is 0 Å². The van der Waals surface area contributed by atoms with Crippen LogP contribution in [-0.2, 0) is 0 Å². The average Bonchev–Trinajstić information content (AvgIpc) is 3.54. The molecule has 3 heteroatoms. The molecule has 2 heterocycles. The molecule has 154 valence electrons. The Balaban J connectivity index is 1.37. The smallest absolute Gasteiger partial charge is 0.0593 e. The molecule has 0 amide bonds. The van der Waals surface area contributed by atoms with Gasteiger partial charge in [-0.2, -0.15) is 0 Å². The van der Waals surface area contributed by atoms with Crippen LogP contribution in [0.5, 0.6) is 0 Å². The number of aryl methyl sites for hydroxylation is 1. The number of hydrogen-bond acceptors (Lipinski definition) is 3. The first-order valence-electron chi connectivity index (χ1n) is 11.5. The lowest BCUT2D eigenvalue weighted by molar-refractivity contribution is -0.0649. The summed E-state index contributed by atoms with van der Waals surface area (Å²) in [4.78, 5) is 5.32. The van der Waals surface area contributed by atoms with Gasteiger partial charge in [0.1, 0.15) is 0 Å². The molecular weight excluding hydrogens is 356 g/mol. The normalized spacial score (nSPS) is 28.3. The first-order chi connectivity index (χ1) is 14.2. The number of nitrogens with zero attached hydrogens (tertiary/aromatic N) is 2. The number of aliphatic hydroxyl groups is 1. The van der Waals surface area contributed by atoms with E-state index in [2.05, 4.69) is 65.3 Å². The fourth-order valence-electron chi connectivity index (χ4n) is 5.62. The van der Waals surface area contributed by atoms with Gasteiger partial charge in [-0.1, -0.05) is 48.5 Å². The molecule has 0 spiro atoms. The summed E-state index contributed by atoms with van der Waals surface area (Å²) >= 11 is 0. The van der Waals surface area contributed by atoms with Gasteiger partial charge < -0.3 is 10.0 Å². The summed E-state index contributed by atoms with van der Waals surface area (Å²) in [5, 5.41) is 10.2. The van der Waals surface area contributed by atoms with Crippen molar-refractivity contribution in [3.63, 3.8) is 0 Å². The van der Waals surface area contributed by atoms with Gasteiger partial charge in [-0.3, -0.25) is 4.90 Å². The molecule has 3 atom stereocenters. The van der Waals surface area contributed by atoms with Crippen LogP contribution in [0.2, 0.25) is 0 Å². The zero-order chi connectivity index (χ0) is 19.8. The third-order valence-electron chi connectivity index (χ3n) is 7.42. The SMILES string of the molecule is Cc1ccccc1-c1ccc([C@H]2[C@H](CO)N3CCCCN(CC4CC4)C[C@@H]23)cc1. The van der Waals surface area contributed by atoms with Gasteiger partial charge in [-0.05, 0) is 73.9 Å². The minimum atomic E-state index is 0.267. The van der Waals surface area contributed by atoms with Crippen molar-refractivity contribution in [3.05, 3.63) is 59.7 Å². The standard InChI is InChI=1S/C26H34N2O/c1-19-6-2-3-7-23(19)21-10-12-22(13-11-21)26-24-17-27(16-20-8-9-20)14-4-5-15-28(24)25(26)18-29/h2-3,6-7,10-13,20,24-26,29H,4-5,8-9,14-18H2,1H3/t24-,25-,26+/m0/s1. The summed E-state index contributed by atoms with van der Waals surface area (Å²) < 4.78 is 0. The van der Waals surface area contributed by atoms with E-state index < -0.39 is 0 Å². The summed E-state index contributed by atoms with van der Waals surface area (Å²) in [7, 11) is 0. The lowest BCUT2D eigenvalue weighted by atomic mass is 9.74. The van der Waals surface area contributed by atoms with Crippen LogP contribution in [0.4, 0.5) is 0 Å². The molecule has 3 nitrogen and oxygen atoms in total. The van der Waals surface area contributed by atoms with Crippen molar-refractivity contribution in [1.29, 1.82) is 0 Å². The fourth-order valence-corrected chi connectivity index (χ4v) is 5.62. The van der Waals surface area contributed by atoms with E-state index in [0.29, 0.717) is 12.0 Å². The van der Waals surface area contributed by atoms with Crippen molar-refractivity contribution < 1.29 is 5.11 Å². The number of fused-ring (bicyclic) bond motifs is 1. The first kappa shape index (κ1) is 19.3. The van der Waals surface area contributed by atoms with Crippen molar-refractivity contribution in [1.82, 2.24) is 9.80 Å². The third-order valence-corrected chi connectivity index (χ3v) is 7.42. The first-order valence-corrected chi connectivity index (χ1v) is 11.5. The summed E-state index contributed by atoms with van der Waals surface area (Å²) in [6, 6.07) is 18.6. The van der Waals surface area contributed by atoms with E-state index in [1.807, 2.05) is 0 Å². The summed E-state index contributed by atoms with van der Waals surface area (Å²) in [6.07, 6.45) is 5.40. The van der Waals surface area contributed by atoms with Gasteiger partial charge in [-0.15, -0.1) is 0 Å². The van der Waals surface area contributed by atoms with Gasteiger partial charge in [0.15, 0.2) is 0 Å². The maximum atomic E-state index is 10.2. The topological polar surface area (TPSA) is 26.7 Å². The van der Waals surface area contributed by atoms with Crippen LogP contribution in [0, 0.1) is 12.8 Å². The van der Waals surface area contributed by atoms with Crippen molar-refractivity contribution >= 4 is 0 Å². The predicted octanol–water partition coefficient (Wildman–Crippen LogP) is 4.30. The lowest BCUT2D eigenvalue weighted by Crippen LogP contribution is -2.67. The van der Waals surface area contributed by atoms with E-state index in [4.69, 9.17) is 0 Å². The van der Waals surface area contributed by atoms with Crippen molar-refractivity contribution in [2.45, 2.75) is 50.6 Å². The monoisotopic (exact) mass is 390 g/mol. The van der Waals surface area contributed by atoms with Gasteiger partial charge in [-0.25, -0.2) is 0 Å². The van der Waals surface area contributed by atoms with Crippen LogP contribution in [-0.4, -0.2) is 59.8 Å².